The molecule has 0 aliphatic heterocycles. The van der Waals surface area contributed by atoms with Crippen LogP contribution in [0.2, 0.25) is 10.0 Å². The van der Waals surface area contributed by atoms with Gasteiger partial charge in [-0.05, 0) is 39.0 Å². The predicted octanol–water partition coefficient (Wildman–Crippen LogP) is 1.48. The van der Waals surface area contributed by atoms with Gasteiger partial charge in [0.25, 0.3) is 5.91 Å². The maximum absolute atomic E-state index is 12.0. The van der Waals surface area contributed by atoms with Crippen LogP contribution in [0.4, 0.5) is 4.79 Å². The first kappa shape index (κ1) is 24.5. The van der Waals surface area contributed by atoms with Crippen molar-refractivity contribution in [3.05, 3.63) is 33.8 Å². The summed E-state index contributed by atoms with van der Waals surface area (Å²) in [5.74, 6) is -1.54. The topological polar surface area (TPSA) is 126 Å². The van der Waals surface area contributed by atoms with Gasteiger partial charge in [-0.15, -0.1) is 0 Å². The second kappa shape index (κ2) is 11.5. The fourth-order valence-electron chi connectivity index (χ4n) is 1.91. The minimum atomic E-state index is -0.605. The fourth-order valence-corrected chi connectivity index (χ4v) is 2.41. The van der Waals surface area contributed by atoms with Crippen LogP contribution in [0.15, 0.2) is 18.2 Å². The summed E-state index contributed by atoms with van der Waals surface area (Å²) in [7, 11) is 0. The summed E-state index contributed by atoms with van der Waals surface area (Å²) in [5, 5.41) is 10.3. The molecule has 9 nitrogen and oxygen atoms in total. The van der Waals surface area contributed by atoms with E-state index in [9.17, 15) is 19.2 Å². The summed E-state index contributed by atoms with van der Waals surface area (Å²) in [5.41, 5.74) is -0.426. The minimum Gasteiger partial charge on any atom is -0.444 e. The van der Waals surface area contributed by atoms with E-state index in [0.29, 0.717) is 5.02 Å². The van der Waals surface area contributed by atoms with Crippen molar-refractivity contribution in [2.45, 2.75) is 26.4 Å². The molecule has 1 aromatic carbocycles. The molecule has 0 spiro atoms. The molecule has 0 fully saturated rings. The van der Waals surface area contributed by atoms with Crippen LogP contribution in [-0.2, 0) is 14.3 Å². The number of nitrogens with one attached hydrogen (secondary N) is 4. The van der Waals surface area contributed by atoms with Crippen LogP contribution in [0, 0.1) is 0 Å². The first-order valence-corrected chi connectivity index (χ1v) is 9.47. The number of ether oxygens (including phenoxy) is 1. The van der Waals surface area contributed by atoms with E-state index in [1.165, 1.54) is 18.2 Å². The molecule has 0 unspecified atom stereocenters. The smallest absolute Gasteiger partial charge is 0.407 e. The van der Waals surface area contributed by atoms with Gasteiger partial charge in [0.15, 0.2) is 0 Å². The standard InChI is InChI=1S/C18H24Cl2N4O5/c1-18(2,3)29-17(28)22-7-6-21-14(25)9-23-15(26)10-24-16(27)12-5-4-11(19)8-13(12)20/h4-5,8H,6-7,9-10H2,1-3H3,(H,21,25)(H,22,28)(H,23,26)(H,24,27). The number of amides is 4. The number of hydrogen-bond donors (Lipinski definition) is 4. The van der Waals surface area contributed by atoms with Gasteiger partial charge in [-0.3, -0.25) is 14.4 Å². The molecule has 11 heteroatoms. The van der Waals surface area contributed by atoms with Crippen molar-refractivity contribution in [3.8, 4) is 0 Å². The summed E-state index contributed by atoms with van der Waals surface area (Å²) >= 11 is 11.7. The van der Waals surface area contributed by atoms with Crippen molar-refractivity contribution < 1.29 is 23.9 Å². The van der Waals surface area contributed by atoms with Gasteiger partial charge in [0.05, 0.1) is 23.7 Å². The van der Waals surface area contributed by atoms with Gasteiger partial charge >= 0.3 is 6.09 Å². The third-order valence-electron chi connectivity index (χ3n) is 3.15. The molecule has 0 aliphatic rings. The zero-order valence-corrected chi connectivity index (χ0v) is 17.9. The van der Waals surface area contributed by atoms with Crippen LogP contribution < -0.4 is 21.3 Å². The van der Waals surface area contributed by atoms with E-state index in [1.54, 1.807) is 20.8 Å². The zero-order chi connectivity index (χ0) is 22.0. The Morgan fingerprint density at radius 3 is 2.10 bits per heavy atom. The monoisotopic (exact) mass is 446 g/mol. The van der Waals surface area contributed by atoms with Gasteiger partial charge < -0.3 is 26.0 Å². The Kier molecular flexibility index (Phi) is 9.70. The maximum Gasteiger partial charge on any atom is 0.407 e. The SMILES string of the molecule is CC(C)(C)OC(=O)NCCNC(=O)CNC(=O)CNC(=O)c1ccc(Cl)cc1Cl. The Balaban J connectivity index is 2.21. The molecular weight excluding hydrogens is 423 g/mol. The lowest BCUT2D eigenvalue weighted by atomic mass is 10.2. The number of halogens is 2. The zero-order valence-electron chi connectivity index (χ0n) is 16.4. The first-order valence-electron chi connectivity index (χ1n) is 8.71. The van der Waals surface area contributed by atoms with Crippen molar-refractivity contribution in [2.75, 3.05) is 26.2 Å². The van der Waals surface area contributed by atoms with E-state index in [2.05, 4.69) is 21.3 Å². The highest BCUT2D eigenvalue weighted by Gasteiger charge is 2.15. The Morgan fingerprint density at radius 1 is 0.897 bits per heavy atom. The fraction of sp³-hybridized carbons (Fsp3) is 0.444. The van der Waals surface area contributed by atoms with Gasteiger partial charge in [-0.25, -0.2) is 4.79 Å². The molecule has 0 heterocycles. The summed E-state index contributed by atoms with van der Waals surface area (Å²) in [6, 6.07) is 4.36. The highest BCUT2D eigenvalue weighted by atomic mass is 35.5. The summed E-state index contributed by atoms with van der Waals surface area (Å²) in [6.45, 7) is 4.96. The third-order valence-corrected chi connectivity index (χ3v) is 3.69. The number of rotatable bonds is 8. The van der Waals surface area contributed by atoms with Crippen molar-refractivity contribution >= 4 is 47.0 Å². The van der Waals surface area contributed by atoms with E-state index in [-0.39, 0.29) is 36.8 Å². The molecule has 1 aromatic rings. The molecular formula is C18H24Cl2N4O5. The number of benzene rings is 1. The largest absolute Gasteiger partial charge is 0.444 e. The van der Waals surface area contributed by atoms with Crippen LogP contribution in [-0.4, -0.2) is 55.6 Å². The number of hydrogen-bond acceptors (Lipinski definition) is 5. The molecule has 4 amide bonds. The van der Waals surface area contributed by atoms with Crippen LogP contribution in [0.5, 0.6) is 0 Å². The second-order valence-corrected chi connectivity index (χ2v) is 7.71. The maximum atomic E-state index is 12.0. The van der Waals surface area contributed by atoms with Gasteiger partial charge in [-0.2, -0.15) is 0 Å². The lowest BCUT2D eigenvalue weighted by molar-refractivity contribution is -0.125. The predicted molar refractivity (Wildman–Crippen MR) is 109 cm³/mol. The van der Waals surface area contributed by atoms with Gasteiger partial charge in [0.2, 0.25) is 11.8 Å². The summed E-state index contributed by atoms with van der Waals surface area (Å²) in [4.78, 5) is 46.8. The molecule has 0 saturated carbocycles. The number of alkyl carbamates (subject to hydrolysis) is 1. The molecule has 0 aromatic heterocycles. The van der Waals surface area contributed by atoms with Gasteiger partial charge in [0, 0.05) is 18.1 Å². The molecule has 4 N–H and O–H groups in total. The van der Waals surface area contributed by atoms with Gasteiger partial charge in [-0.1, -0.05) is 23.2 Å². The van der Waals surface area contributed by atoms with E-state index in [1.807, 2.05) is 0 Å². The molecule has 0 aliphatic carbocycles. The van der Waals surface area contributed by atoms with Gasteiger partial charge in [0.1, 0.15) is 5.60 Å². The molecule has 0 radical (unpaired) electrons. The molecule has 0 atom stereocenters. The normalized spacial score (nSPS) is 10.7. The van der Waals surface area contributed by atoms with Crippen LogP contribution in [0.3, 0.4) is 0 Å². The van der Waals surface area contributed by atoms with Crippen LogP contribution in [0.1, 0.15) is 31.1 Å². The lowest BCUT2D eigenvalue weighted by Crippen LogP contribution is -2.43. The molecule has 160 valence electrons. The highest BCUT2D eigenvalue weighted by molar-refractivity contribution is 6.36. The third kappa shape index (κ3) is 10.6. The first-order chi connectivity index (χ1) is 13.5. The van der Waals surface area contributed by atoms with Crippen LogP contribution >= 0.6 is 23.2 Å². The Morgan fingerprint density at radius 2 is 1.48 bits per heavy atom. The summed E-state index contributed by atoms with van der Waals surface area (Å²) < 4.78 is 5.05. The molecule has 1 rings (SSSR count). The van der Waals surface area contributed by atoms with E-state index < -0.39 is 29.4 Å². The van der Waals surface area contributed by atoms with Crippen molar-refractivity contribution in [1.29, 1.82) is 0 Å². The van der Waals surface area contributed by atoms with Crippen LogP contribution in [0.25, 0.3) is 0 Å². The molecule has 0 saturated heterocycles. The number of carbonyl (C=O) groups is 4. The Labute approximate surface area is 178 Å². The average molecular weight is 447 g/mol. The van der Waals surface area contributed by atoms with E-state index in [4.69, 9.17) is 27.9 Å². The minimum absolute atomic E-state index is 0.162. The van der Waals surface area contributed by atoms with Crippen molar-refractivity contribution in [2.24, 2.45) is 0 Å². The van der Waals surface area contributed by atoms with Crippen molar-refractivity contribution in [3.63, 3.8) is 0 Å². The summed E-state index contributed by atoms with van der Waals surface area (Å²) in [6.07, 6.45) is -0.586. The Hall–Kier alpha value is -2.52. The molecule has 29 heavy (non-hydrogen) atoms. The van der Waals surface area contributed by atoms with E-state index >= 15 is 0 Å². The number of carbonyl (C=O) groups excluding carboxylic acids is 4. The van der Waals surface area contributed by atoms with Crippen molar-refractivity contribution in [1.82, 2.24) is 21.3 Å². The molecule has 0 bridgehead atoms. The van der Waals surface area contributed by atoms with E-state index in [0.717, 1.165) is 0 Å². The Bertz CT molecular complexity index is 765. The quantitative estimate of drug-likeness (QED) is 0.450. The second-order valence-electron chi connectivity index (χ2n) is 6.86. The highest BCUT2D eigenvalue weighted by Crippen LogP contribution is 2.20. The average Bonchev–Trinajstić information content (AvgIpc) is 2.60. The lowest BCUT2D eigenvalue weighted by Gasteiger charge is -2.19.